The van der Waals surface area contributed by atoms with Crippen molar-refractivity contribution in [2.24, 2.45) is 7.05 Å². The Hall–Kier alpha value is -3.31. The number of halogens is 3. The standard InChI is InChI=1S/C28H31F3N4O3S/c1-27(2,34-12-14-39(36,37)15-13-34)11-10-22-18-35(23-17-32-33(3)19-23)26-16-21(6-9-25(22)26)20-4-7-24(8-5-20)38-28(29,30)31/h4-9,16-19H,10-15H2,1-3H3. The van der Waals surface area contributed by atoms with Crippen LogP contribution in [-0.2, 0) is 23.3 Å². The minimum absolute atomic E-state index is 0.168. The van der Waals surface area contributed by atoms with Crippen molar-refractivity contribution in [2.45, 2.75) is 38.6 Å². The number of nitrogens with zero attached hydrogens (tertiary/aromatic N) is 4. The molecule has 1 saturated heterocycles. The molecular weight excluding hydrogens is 529 g/mol. The molecule has 1 fully saturated rings. The number of fused-ring (bicyclic) bond motifs is 1. The Kier molecular flexibility index (Phi) is 7.00. The molecule has 0 amide bonds. The van der Waals surface area contributed by atoms with Gasteiger partial charge in [-0.25, -0.2) is 8.42 Å². The molecule has 2 aromatic heterocycles. The number of rotatable bonds is 7. The SMILES string of the molecule is Cn1cc(-n2cc(CCC(C)(C)N3CCS(=O)(=O)CC3)c3ccc(-c4ccc(OC(F)(F)F)cc4)cc32)cn1. The maximum Gasteiger partial charge on any atom is 0.573 e. The lowest BCUT2D eigenvalue weighted by atomic mass is 9.92. The van der Waals surface area contributed by atoms with Crippen LogP contribution in [-0.4, -0.2) is 64.2 Å². The van der Waals surface area contributed by atoms with Crippen LogP contribution in [0.25, 0.3) is 27.7 Å². The minimum atomic E-state index is -4.73. The van der Waals surface area contributed by atoms with Gasteiger partial charge in [-0.05, 0) is 61.6 Å². The number of alkyl halides is 3. The summed E-state index contributed by atoms with van der Waals surface area (Å²) < 4.78 is 69.3. The van der Waals surface area contributed by atoms with Crippen LogP contribution < -0.4 is 4.74 Å². The van der Waals surface area contributed by atoms with Crippen LogP contribution >= 0.6 is 0 Å². The van der Waals surface area contributed by atoms with Crippen molar-refractivity contribution in [1.29, 1.82) is 0 Å². The summed E-state index contributed by atoms with van der Waals surface area (Å²) in [4.78, 5) is 2.26. The third-order valence-electron chi connectivity index (χ3n) is 7.49. The van der Waals surface area contributed by atoms with E-state index in [0.29, 0.717) is 13.1 Å². The van der Waals surface area contributed by atoms with Crippen LogP contribution in [0.3, 0.4) is 0 Å². The first-order chi connectivity index (χ1) is 18.3. The molecule has 1 aliphatic heterocycles. The largest absolute Gasteiger partial charge is 0.573 e. The Morgan fingerprint density at radius 3 is 2.26 bits per heavy atom. The molecule has 1 aliphatic rings. The molecule has 3 heterocycles. The van der Waals surface area contributed by atoms with E-state index >= 15 is 0 Å². The molecule has 0 N–H and O–H groups in total. The van der Waals surface area contributed by atoms with E-state index in [2.05, 4.69) is 39.3 Å². The van der Waals surface area contributed by atoms with E-state index in [1.54, 1.807) is 23.0 Å². The van der Waals surface area contributed by atoms with Crippen molar-refractivity contribution in [1.82, 2.24) is 19.2 Å². The molecule has 11 heteroatoms. The number of hydrogen-bond acceptors (Lipinski definition) is 5. The highest BCUT2D eigenvalue weighted by atomic mass is 32.2. The second-order valence-corrected chi connectivity index (χ2v) is 13.0. The van der Waals surface area contributed by atoms with Gasteiger partial charge in [0.1, 0.15) is 5.75 Å². The summed E-state index contributed by atoms with van der Waals surface area (Å²) in [7, 11) is -1.09. The highest BCUT2D eigenvalue weighted by Crippen LogP contribution is 2.33. The third-order valence-corrected chi connectivity index (χ3v) is 9.09. The molecule has 0 aliphatic carbocycles. The Balaban J connectivity index is 1.45. The second kappa shape index (κ2) is 10.0. The van der Waals surface area contributed by atoms with Crippen molar-refractivity contribution in [3.05, 3.63) is 66.6 Å². The molecule has 5 rings (SSSR count). The Morgan fingerprint density at radius 2 is 1.64 bits per heavy atom. The van der Waals surface area contributed by atoms with Gasteiger partial charge in [0.05, 0.1) is 28.9 Å². The van der Waals surface area contributed by atoms with Crippen LogP contribution in [0, 0.1) is 0 Å². The second-order valence-electron chi connectivity index (χ2n) is 10.7. The zero-order valence-corrected chi connectivity index (χ0v) is 22.9. The van der Waals surface area contributed by atoms with Crippen molar-refractivity contribution in [2.75, 3.05) is 24.6 Å². The van der Waals surface area contributed by atoms with Gasteiger partial charge < -0.3 is 9.30 Å². The number of benzene rings is 2. The van der Waals surface area contributed by atoms with Gasteiger partial charge in [0.15, 0.2) is 9.84 Å². The monoisotopic (exact) mass is 560 g/mol. The van der Waals surface area contributed by atoms with Crippen LogP contribution in [0.1, 0.15) is 25.8 Å². The van der Waals surface area contributed by atoms with Crippen LogP contribution in [0.2, 0.25) is 0 Å². The number of hydrogen-bond donors (Lipinski definition) is 0. The molecule has 208 valence electrons. The molecule has 2 aromatic carbocycles. The Morgan fingerprint density at radius 1 is 0.974 bits per heavy atom. The van der Waals surface area contributed by atoms with Gasteiger partial charge in [-0.3, -0.25) is 9.58 Å². The normalized spacial score (nSPS) is 16.6. The number of aromatic nitrogens is 3. The summed E-state index contributed by atoms with van der Waals surface area (Å²) in [5.74, 6) is 0.133. The van der Waals surface area contributed by atoms with E-state index in [1.807, 2.05) is 31.4 Å². The molecule has 7 nitrogen and oxygen atoms in total. The van der Waals surface area contributed by atoms with Crippen molar-refractivity contribution < 1.29 is 26.3 Å². The highest BCUT2D eigenvalue weighted by Gasteiger charge is 2.32. The van der Waals surface area contributed by atoms with Gasteiger partial charge in [0.2, 0.25) is 0 Å². The van der Waals surface area contributed by atoms with Crippen LogP contribution in [0.5, 0.6) is 5.75 Å². The zero-order valence-electron chi connectivity index (χ0n) is 22.1. The van der Waals surface area contributed by atoms with Gasteiger partial charge in [0.25, 0.3) is 0 Å². The maximum atomic E-state index is 12.6. The van der Waals surface area contributed by atoms with Gasteiger partial charge in [0, 0.05) is 43.5 Å². The molecular formula is C28H31F3N4O3S. The van der Waals surface area contributed by atoms with E-state index in [-0.39, 0.29) is 22.8 Å². The van der Waals surface area contributed by atoms with Crippen LogP contribution in [0.4, 0.5) is 13.2 Å². The van der Waals surface area contributed by atoms with Gasteiger partial charge >= 0.3 is 6.36 Å². The van der Waals surface area contributed by atoms with E-state index in [0.717, 1.165) is 46.1 Å². The van der Waals surface area contributed by atoms with Gasteiger partial charge in [-0.1, -0.05) is 24.3 Å². The molecule has 0 bridgehead atoms. The number of sulfone groups is 1. The fourth-order valence-corrected chi connectivity index (χ4v) is 6.39. The van der Waals surface area contributed by atoms with E-state index < -0.39 is 16.2 Å². The highest BCUT2D eigenvalue weighted by molar-refractivity contribution is 7.91. The lowest BCUT2D eigenvalue weighted by molar-refractivity contribution is -0.274. The first kappa shape index (κ1) is 27.3. The fraction of sp³-hybridized carbons (Fsp3) is 0.393. The molecule has 0 radical (unpaired) electrons. The van der Waals surface area contributed by atoms with Gasteiger partial charge in [-0.15, -0.1) is 13.2 Å². The number of ether oxygens (including phenoxy) is 1. The van der Waals surface area contributed by atoms with Crippen molar-refractivity contribution in [3.63, 3.8) is 0 Å². The summed E-state index contributed by atoms with van der Waals surface area (Å²) in [5, 5.41) is 5.40. The molecule has 0 spiro atoms. The van der Waals surface area contributed by atoms with E-state index in [4.69, 9.17) is 0 Å². The van der Waals surface area contributed by atoms with Gasteiger partial charge in [-0.2, -0.15) is 5.10 Å². The molecule has 39 heavy (non-hydrogen) atoms. The summed E-state index contributed by atoms with van der Waals surface area (Å²) in [6, 6.07) is 11.9. The quantitative estimate of drug-likeness (QED) is 0.304. The third kappa shape index (κ3) is 6.14. The molecule has 0 unspecified atom stereocenters. The average Bonchev–Trinajstić information content (AvgIpc) is 3.45. The lowest BCUT2D eigenvalue weighted by Crippen LogP contribution is -2.51. The van der Waals surface area contributed by atoms with Crippen molar-refractivity contribution in [3.8, 4) is 22.6 Å². The summed E-state index contributed by atoms with van der Waals surface area (Å²) in [6.07, 6.45) is 2.74. The molecule has 0 saturated carbocycles. The van der Waals surface area contributed by atoms with E-state index in [9.17, 15) is 21.6 Å². The smallest absolute Gasteiger partial charge is 0.406 e. The molecule has 4 aromatic rings. The first-order valence-corrected chi connectivity index (χ1v) is 14.6. The molecule has 0 atom stereocenters. The minimum Gasteiger partial charge on any atom is -0.406 e. The Bertz CT molecular complexity index is 1570. The maximum absolute atomic E-state index is 12.6. The predicted octanol–water partition coefficient (Wildman–Crippen LogP) is 5.37. The topological polar surface area (TPSA) is 69.4 Å². The number of aryl methyl sites for hydroxylation is 2. The fourth-order valence-electron chi connectivity index (χ4n) is 5.19. The zero-order chi connectivity index (χ0) is 28.0. The van der Waals surface area contributed by atoms with Crippen LogP contribution in [0.15, 0.2) is 61.1 Å². The van der Waals surface area contributed by atoms with Crippen molar-refractivity contribution >= 4 is 20.7 Å². The average molecular weight is 561 g/mol. The first-order valence-electron chi connectivity index (χ1n) is 12.7. The summed E-state index contributed by atoms with van der Waals surface area (Å²) in [6.45, 7) is 5.41. The summed E-state index contributed by atoms with van der Waals surface area (Å²) in [5.41, 5.74) is 4.50. The predicted molar refractivity (Wildman–Crippen MR) is 145 cm³/mol. The lowest BCUT2D eigenvalue weighted by Gasteiger charge is -2.41. The summed E-state index contributed by atoms with van der Waals surface area (Å²) >= 11 is 0. The van der Waals surface area contributed by atoms with E-state index in [1.165, 1.54) is 12.1 Å². The Labute approximate surface area is 225 Å².